The molecular weight excluding hydrogens is 1840 g/mol. The van der Waals surface area contributed by atoms with Crippen LogP contribution in [-0.4, -0.2) is 308 Å². The fraction of sp³-hybridized carbons (Fsp3) is 0.700. The summed E-state index contributed by atoms with van der Waals surface area (Å²) in [5, 5.41) is 73.0. The van der Waals surface area contributed by atoms with Crippen LogP contribution in [0.4, 0.5) is 0 Å². The number of aliphatic hydroxyl groups is 2. The molecule has 48 heteroatoms. The summed E-state index contributed by atoms with van der Waals surface area (Å²) in [6.07, 6.45) is -2.83. The Labute approximate surface area is 817 Å². The zero-order chi connectivity index (χ0) is 105. The molecule has 1 aromatic carbocycles. The van der Waals surface area contributed by atoms with E-state index in [9.17, 15) is 111 Å². The molecule has 138 heavy (non-hydrogen) atoms. The minimum Gasteiger partial charge on any atom is -0.480 e. The number of thiol groups is 2. The predicted octanol–water partition coefficient (Wildman–Crippen LogP) is -5.25. The Kier molecular flexibility index (Phi) is 51.6. The van der Waals surface area contributed by atoms with Crippen LogP contribution in [0.5, 0.6) is 0 Å². The van der Waals surface area contributed by atoms with Gasteiger partial charge in [-0.1, -0.05) is 147 Å². The lowest BCUT2D eigenvalue weighted by Crippen LogP contribution is -2.63. The first-order chi connectivity index (χ1) is 64.6. The molecule has 1 aromatic rings. The summed E-state index contributed by atoms with van der Waals surface area (Å²) < 4.78 is 0. The molecule has 2 saturated heterocycles. The van der Waals surface area contributed by atoms with Gasteiger partial charge >= 0.3 is 5.97 Å². The van der Waals surface area contributed by atoms with Gasteiger partial charge in [0, 0.05) is 37.6 Å². The number of nitrogens with two attached hydrogens (primary N) is 4. The van der Waals surface area contributed by atoms with E-state index in [2.05, 4.69) is 115 Å². The molecule has 23 atom stereocenters. The number of aliphatic carboxylic acids is 1. The number of benzene rings is 1. The van der Waals surface area contributed by atoms with Gasteiger partial charge in [0.15, 0.2) is 5.96 Å². The van der Waals surface area contributed by atoms with Crippen molar-refractivity contribution >= 4 is 149 Å². The zero-order valence-corrected chi connectivity index (χ0v) is 84.0. The van der Waals surface area contributed by atoms with E-state index in [0.717, 1.165) is 4.90 Å². The average molecular weight is 1990 g/mol. The van der Waals surface area contributed by atoms with Gasteiger partial charge in [0.05, 0.1) is 25.2 Å². The van der Waals surface area contributed by atoms with E-state index in [4.69, 9.17) is 22.9 Å². The zero-order valence-electron chi connectivity index (χ0n) is 82.3. The van der Waals surface area contributed by atoms with E-state index < -0.39 is 287 Å². The number of hydrogen-bond acceptors (Lipinski definition) is 26. The van der Waals surface area contributed by atoms with Crippen LogP contribution in [0, 0.1) is 41.4 Å². The first-order valence-electron chi connectivity index (χ1n) is 47.0. The molecule has 776 valence electrons. The first-order valence-corrected chi connectivity index (χ1v) is 48.3. The number of likely N-dealkylation sites (tertiary alicyclic amines) is 2. The maximum absolute atomic E-state index is 14.8. The highest BCUT2D eigenvalue weighted by molar-refractivity contribution is 7.80. The third kappa shape index (κ3) is 38.0. The van der Waals surface area contributed by atoms with Gasteiger partial charge < -0.3 is 133 Å². The highest BCUT2D eigenvalue weighted by atomic mass is 32.1. The van der Waals surface area contributed by atoms with Crippen molar-refractivity contribution in [1.82, 2.24) is 94.9 Å². The van der Waals surface area contributed by atoms with E-state index in [-0.39, 0.29) is 102 Å². The number of aliphatic imine (C=N–C) groups is 1. The number of carboxylic acids is 1. The third-order valence-electron chi connectivity index (χ3n) is 24.1. The number of amides is 19. The van der Waals surface area contributed by atoms with E-state index in [1.54, 1.807) is 127 Å². The molecule has 2 fully saturated rings. The SMILES string of the molecule is CC[C@H](C)[C@H](NC(=O)CN)C(=O)N[C@@H](C)C(=O)N1CCC[C@H]1C(=O)N[C@@H](CC(N)=O)C(=O)N[C@@H](CC(C)C)C(=O)N[C@H](C(=O)N[C@@H](CCCN=C(N)N)C(=O)N[C@H](C(=O)N[C@H](C(=O)N1CCC[C@H]1C(=O)N[C@@H](C)C(=O)N[C@@H](CS)C(=O)N[C@@H](CS)C(=O)N[C@H](C(=O)N[C@H](C(=O)N[C@@H](Cc1ccccc1)C(=O)N[C@H](C(=O)N[C@H](C(=O)O)C(C)C)C(C)C)[C@@H](C)O)[C@@H](C)CC)[C@@H](C)O)C(C)C)[C@@H](C)CC. The molecule has 19 amide bonds. The van der Waals surface area contributed by atoms with Gasteiger partial charge in [0.2, 0.25) is 112 Å². The van der Waals surface area contributed by atoms with Crippen LogP contribution in [0.25, 0.3) is 0 Å². The number of guanidine groups is 1. The largest absolute Gasteiger partial charge is 0.480 e. The minimum absolute atomic E-state index is 0.0211. The van der Waals surface area contributed by atoms with Gasteiger partial charge in [-0.15, -0.1) is 0 Å². The Morgan fingerprint density at radius 1 is 0.406 bits per heavy atom. The highest BCUT2D eigenvalue weighted by Gasteiger charge is 2.46. The van der Waals surface area contributed by atoms with E-state index in [1.807, 2.05) is 0 Å². The summed E-state index contributed by atoms with van der Waals surface area (Å²) in [6, 6.07) is -17.5. The third-order valence-corrected chi connectivity index (χ3v) is 24.8. The maximum Gasteiger partial charge on any atom is 0.326 e. The maximum atomic E-state index is 14.8. The molecule has 0 bridgehead atoms. The molecule has 27 N–H and O–H groups in total. The Hall–Kier alpha value is -11.5. The van der Waals surface area contributed by atoms with Crippen molar-refractivity contribution in [2.75, 3.05) is 37.7 Å². The number of aliphatic hydroxyl groups excluding tert-OH is 2. The molecule has 0 spiro atoms. The molecule has 2 heterocycles. The molecule has 46 nitrogen and oxygen atoms in total. The Bertz CT molecular complexity index is 4370. The van der Waals surface area contributed by atoms with Crippen molar-refractivity contribution in [2.45, 2.75) is 323 Å². The van der Waals surface area contributed by atoms with Gasteiger partial charge in [0.1, 0.15) is 109 Å². The van der Waals surface area contributed by atoms with Gasteiger partial charge in [-0.25, -0.2) is 4.79 Å². The molecule has 2 aliphatic rings. The fourth-order valence-electron chi connectivity index (χ4n) is 15.2. The topological polar surface area (TPSA) is 717 Å². The van der Waals surface area contributed by atoms with Gasteiger partial charge in [-0.3, -0.25) is 96.1 Å². The second-order valence-corrected chi connectivity index (χ2v) is 37.6. The highest BCUT2D eigenvalue weighted by Crippen LogP contribution is 2.24. The lowest BCUT2D eigenvalue weighted by molar-refractivity contribution is -0.145. The number of carbonyl (C=O) groups is 20. The lowest BCUT2D eigenvalue weighted by atomic mass is 9.95. The Morgan fingerprint density at radius 2 is 0.775 bits per heavy atom. The van der Waals surface area contributed by atoms with Crippen LogP contribution >= 0.6 is 25.3 Å². The molecule has 0 aromatic heterocycles. The number of primary amides is 1. The monoisotopic (exact) mass is 1990 g/mol. The number of nitrogens with one attached hydrogen (secondary N) is 16. The summed E-state index contributed by atoms with van der Waals surface area (Å²) in [6.45, 7) is 27.7. The number of hydrogen-bond donors (Lipinski definition) is 25. The van der Waals surface area contributed by atoms with Crippen molar-refractivity contribution in [2.24, 2.45) is 69.4 Å². The number of carboxylic acid groups (broad SMARTS) is 1. The molecule has 2 aliphatic heterocycles. The molecule has 0 unspecified atom stereocenters. The van der Waals surface area contributed by atoms with Crippen molar-refractivity contribution in [3.05, 3.63) is 35.9 Å². The van der Waals surface area contributed by atoms with Crippen LogP contribution in [0.1, 0.15) is 201 Å². The van der Waals surface area contributed by atoms with Crippen LogP contribution in [-0.2, 0) is 102 Å². The summed E-state index contributed by atoms with van der Waals surface area (Å²) in [5.41, 5.74) is 22.9. The minimum atomic E-state index is -1.78. The van der Waals surface area contributed by atoms with Crippen molar-refractivity contribution < 1.29 is 111 Å². The second-order valence-electron chi connectivity index (χ2n) is 36.9. The molecule has 0 saturated carbocycles. The fourth-order valence-corrected chi connectivity index (χ4v) is 15.7. The van der Waals surface area contributed by atoms with Crippen molar-refractivity contribution in [1.29, 1.82) is 0 Å². The second kappa shape index (κ2) is 59.0. The molecule has 3 rings (SSSR count). The van der Waals surface area contributed by atoms with Crippen molar-refractivity contribution in [3.8, 4) is 0 Å². The molecular formula is C90H151N23O23S2. The predicted molar refractivity (Wildman–Crippen MR) is 516 cm³/mol. The number of rotatable bonds is 58. The van der Waals surface area contributed by atoms with Crippen molar-refractivity contribution in [3.63, 3.8) is 0 Å². The van der Waals surface area contributed by atoms with E-state index in [1.165, 1.54) is 32.6 Å². The molecule has 0 radical (unpaired) electrons. The van der Waals surface area contributed by atoms with Crippen LogP contribution in [0.15, 0.2) is 35.3 Å². The Balaban J connectivity index is 1.81. The van der Waals surface area contributed by atoms with E-state index in [0.29, 0.717) is 18.4 Å². The smallest absolute Gasteiger partial charge is 0.326 e. The summed E-state index contributed by atoms with van der Waals surface area (Å²) in [5.74, 6) is -23.4. The lowest BCUT2D eigenvalue weighted by Gasteiger charge is -2.32. The average Bonchev–Trinajstić information content (AvgIpc) is 1.67. The quantitative estimate of drug-likeness (QED) is 0.0125. The van der Waals surface area contributed by atoms with Gasteiger partial charge in [-0.2, -0.15) is 25.3 Å². The molecule has 0 aliphatic carbocycles. The Morgan fingerprint density at radius 3 is 1.22 bits per heavy atom. The van der Waals surface area contributed by atoms with Gasteiger partial charge in [0.25, 0.3) is 0 Å². The van der Waals surface area contributed by atoms with E-state index >= 15 is 0 Å². The number of nitrogens with zero attached hydrogens (tertiary/aromatic N) is 3. The number of carbonyl (C=O) groups excluding carboxylic acids is 19. The standard InChI is InChI=1S/C90H151N23O23S2/c1-19-46(12)67(104-63(117)39-91)83(129)97-50(16)87(133)112-34-26-32-61(112)80(126)100-57(38-62(92)116)74(120)99-55(36-42(4)5)75(121)108-68(47(13)20-2)84(130)98-54(30-25-33-95-90(93)94)73(119)105-65(44(8)9)82(128)111-71(52(18)115)88(134)113-35-27-31-60(113)79(125)96-49(15)72(118)102-58(40-137)77(123)103-59(41-138)78(124)109-69(48(14)21-3)85(131)110-70(51(17)114)86(132)101-56(37-53-28-23-22-24-29-53)76(122)106-64(43(6)7)81(127)107-66(45(10)11)89(135)136/h22-24,28-29,42-52,54-61,64-71,114-115,137-138H,19-21,25-27,30-41,91H2,1-18H3,(H2,92,116)(H,96,125)(H,97,129)(H,98,130)(H,99,120)(H,100,126)(H,101,132)(H,102,118)(H,103,123)(H,104,117)(H,105,119)(H,106,122)(H,107,127)(H,108,121)(H,109,124)(H,110,131)(H,111,128)(H,135,136)(H4,93,94,95)/t46-,47-,48-,49-,50-,51+,52+,54-,55-,56-,57-,58-,59-,60-,61-,64-,65-,66-,67-,68-,69-,70-,71-/m0/s1. The summed E-state index contributed by atoms with van der Waals surface area (Å²) in [4.78, 5) is 285. The van der Waals surface area contributed by atoms with Gasteiger partial charge in [-0.05, 0) is 120 Å². The van der Waals surface area contributed by atoms with Crippen LogP contribution < -0.4 is 108 Å². The van der Waals surface area contributed by atoms with Crippen LogP contribution in [0.3, 0.4) is 0 Å². The first kappa shape index (κ1) is 121. The van der Waals surface area contributed by atoms with Crippen LogP contribution in [0.2, 0.25) is 0 Å². The summed E-state index contributed by atoms with van der Waals surface area (Å²) in [7, 11) is 0. The summed E-state index contributed by atoms with van der Waals surface area (Å²) >= 11 is 8.55. The normalized spacial score (nSPS) is 18.2.